The number of benzene rings is 1. The van der Waals surface area contributed by atoms with Gasteiger partial charge in [0, 0.05) is 13.7 Å². The van der Waals surface area contributed by atoms with E-state index in [1.165, 1.54) is 34.8 Å². The largest absolute Gasteiger partial charge is 0.383 e. The molecule has 0 amide bonds. The van der Waals surface area contributed by atoms with Crippen LogP contribution in [0.1, 0.15) is 10.6 Å². The summed E-state index contributed by atoms with van der Waals surface area (Å²) in [5.74, 6) is 0.0985. The molecule has 9 nitrogen and oxygen atoms in total. The second kappa shape index (κ2) is 9.72. The zero-order chi connectivity index (χ0) is 20.8. The van der Waals surface area contributed by atoms with E-state index in [0.717, 1.165) is 14.9 Å². The van der Waals surface area contributed by atoms with Crippen LogP contribution in [0.3, 0.4) is 0 Å². The Hall–Kier alpha value is -2.63. The van der Waals surface area contributed by atoms with Crippen LogP contribution in [0.2, 0.25) is 0 Å². The van der Waals surface area contributed by atoms with Gasteiger partial charge in [-0.15, -0.1) is 10.2 Å². The van der Waals surface area contributed by atoms with Gasteiger partial charge < -0.3 is 15.4 Å². The minimum absolute atomic E-state index is 0.0985. The molecule has 3 rings (SSSR count). The molecule has 0 bridgehead atoms. The second-order valence-electron chi connectivity index (χ2n) is 6.15. The van der Waals surface area contributed by atoms with Gasteiger partial charge in [-0.2, -0.15) is 0 Å². The number of nitrogens with zero attached hydrogens (tertiary/aromatic N) is 4. The molecule has 0 aliphatic rings. The first-order chi connectivity index (χ1) is 14.0. The van der Waals surface area contributed by atoms with Crippen molar-refractivity contribution in [3.8, 4) is 0 Å². The van der Waals surface area contributed by atoms with Crippen LogP contribution in [0.5, 0.6) is 0 Å². The molecule has 0 spiro atoms. The Kier molecular flexibility index (Phi) is 7.07. The van der Waals surface area contributed by atoms with Gasteiger partial charge in [0.1, 0.15) is 16.5 Å². The van der Waals surface area contributed by atoms with Crippen molar-refractivity contribution in [2.75, 3.05) is 30.6 Å². The Bertz CT molecular complexity index is 1060. The molecule has 0 aliphatic carbocycles. The number of nitrogen functional groups attached to an aromatic ring is 1. The third-order valence-corrected chi connectivity index (χ3v) is 6.10. The maximum Gasteiger partial charge on any atom is 0.330 e. The summed E-state index contributed by atoms with van der Waals surface area (Å²) in [5, 5.41) is 9.08. The van der Waals surface area contributed by atoms with Crippen molar-refractivity contribution in [2.45, 2.75) is 24.0 Å². The summed E-state index contributed by atoms with van der Waals surface area (Å²) in [4.78, 5) is 29.1. The summed E-state index contributed by atoms with van der Waals surface area (Å²) in [6, 6.07) is 9.71. The lowest BCUT2D eigenvalue weighted by Crippen LogP contribution is -2.38. The number of H-pyrrole nitrogens is 1. The molecule has 2 heterocycles. The molecule has 0 radical (unpaired) electrons. The van der Waals surface area contributed by atoms with E-state index in [2.05, 4.69) is 15.2 Å². The standard InChI is InChI=1S/C18H22N6O3S2/c1-27-9-8-24-15(19)14(16(25)20-17(24)26)23(10-12-6-4-3-5-7-12)11-13-21-22-18(28-2)29-13/h3-7H,8-11,19H2,1-2H3,(H,20,25,26). The monoisotopic (exact) mass is 434 g/mol. The van der Waals surface area contributed by atoms with Crippen LogP contribution in [-0.4, -0.2) is 39.7 Å². The zero-order valence-electron chi connectivity index (χ0n) is 16.1. The SMILES string of the molecule is COCCn1c(N)c(N(Cc2ccccc2)Cc2nnc(SC)s2)c(=O)[nH]c1=O. The molecule has 0 fully saturated rings. The summed E-state index contributed by atoms with van der Waals surface area (Å²) in [6.07, 6.45) is 1.93. The Morgan fingerprint density at radius 3 is 2.66 bits per heavy atom. The molecule has 0 unspecified atom stereocenters. The van der Waals surface area contributed by atoms with E-state index in [1.807, 2.05) is 41.5 Å². The van der Waals surface area contributed by atoms with Gasteiger partial charge >= 0.3 is 5.69 Å². The van der Waals surface area contributed by atoms with Crippen molar-refractivity contribution in [1.29, 1.82) is 0 Å². The molecule has 2 aromatic heterocycles. The van der Waals surface area contributed by atoms with Crippen molar-refractivity contribution >= 4 is 34.6 Å². The third-order valence-electron chi connectivity index (χ3n) is 4.21. The van der Waals surface area contributed by atoms with Gasteiger partial charge in [0.2, 0.25) is 0 Å². The maximum absolute atomic E-state index is 12.7. The highest BCUT2D eigenvalue weighted by Gasteiger charge is 2.21. The van der Waals surface area contributed by atoms with E-state index in [1.54, 1.807) is 0 Å². The van der Waals surface area contributed by atoms with Crippen LogP contribution >= 0.6 is 23.1 Å². The first-order valence-electron chi connectivity index (χ1n) is 8.80. The molecule has 3 aromatic rings. The van der Waals surface area contributed by atoms with Gasteiger partial charge in [-0.3, -0.25) is 14.3 Å². The van der Waals surface area contributed by atoms with Crippen molar-refractivity contribution in [3.05, 3.63) is 61.7 Å². The third kappa shape index (κ3) is 5.05. The molecule has 154 valence electrons. The first kappa shape index (κ1) is 21.1. The van der Waals surface area contributed by atoms with E-state index in [9.17, 15) is 9.59 Å². The molecule has 0 saturated heterocycles. The number of hydrogen-bond acceptors (Lipinski definition) is 9. The van der Waals surface area contributed by atoms with Crippen LogP contribution in [0.25, 0.3) is 0 Å². The highest BCUT2D eigenvalue weighted by Crippen LogP contribution is 2.25. The minimum atomic E-state index is -0.562. The lowest BCUT2D eigenvalue weighted by Gasteiger charge is -2.25. The summed E-state index contributed by atoms with van der Waals surface area (Å²) in [6.45, 7) is 1.29. The number of nitrogens with one attached hydrogen (secondary N) is 1. The van der Waals surface area contributed by atoms with Crippen LogP contribution in [0, 0.1) is 0 Å². The molecule has 29 heavy (non-hydrogen) atoms. The van der Waals surface area contributed by atoms with Crippen LogP contribution in [-0.2, 0) is 24.4 Å². The zero-order valence-corrected chi connectivity index (χ0v) is 17.8. The molecule has 0 atom stereocenters. The second-order valence-corrected chi connectivity index (χ2v) is 8.26. The van der Waals surface area contributed by atoms with Crippen LogP contribution in [0.15, 0.2) is 44.3 Å². The van der Waals surface area contributed by atoms with Crippen molar-refractivity contribution in [2.24, 2.45) is 0 Å². The topological polar surface area (TPSA) is 119 Å². The highest BCUT2D eigenvalue weighted by molar-refractivity contribution is 8.00. The normalized spacial score (nSPS) is 11.0. The molecule has 1 aromatic carbocycles. The van der Waals surface area contributed by atoms with E-state index in [-0.39, 0.29) is 18.1 Å². The Morgan fingerprint density at radius 2 is 2.00 bits per heavy atom. The van der Waals surface area contributed by atoms with Crippen LogP contribution < -0.4 is 21.9 Å². The predicted octanol–water partition coefficient (Wildman–Crippen LogP) is 1.55. The van der Waals surface area contributed by atoms with Gasteiger partial charge in [-0.1, -0.05) is 53.4 Å². The van der Waals surface area contributed by atoms with Gasteiger partial charge in [0.25, 0.3) is 5.56 Å². The lowest BCUT2D eigenvalue weighted by atomic mass is 10.2. The fourth-order valence-electron chi connectivity index (χ4n) is 2.85. The van der Waals surface area contributed by atoms with E-state index < -0.39 is 11.2 Å². The van der Waals surface area contributed by atoms with E-state index in [4.69, 9.17) is 10.5 Å². The quantitative estimate of drug-likeness (QED) is 0.487. The number of thioether (sulfide) groups is 1. The van der Waals surface area contributed by atoms with Crippen molar-refractivity contribution in [3.63, 3.8) is 0 Å². The number of methoxy groups -OCH3 is 1. The average Bonchev–Trinajstić information content (AvgIpc) is 3.16. The minimum Gasteiger partial charge on any atom is -0.383 e. The number of aromatic nitrogens is 4. The average molecular weight is 435 g/mol. The summed E-state index contributed by atoms with van der Waals surface area (Å²) >= 11 is 2.97. The number of aromatic amines is 1. The smallest absolute Gasteiger partial charge is 0.330 e. The van der Waals surface area contributed by atoms with Crippen LogP contribution in [0.4, 0.5) is 11.5 Å². The highest BCUT2D eigenvalue weighted by atomic mass is 32.2. The fraction of sp³-hybridized carbons (Fsp3) is 0.333. The van der Waals surface area contributed by atoms with Gasteiger partial charge in [0.05, 0.1) is 19.7 Å². The summed E-state index contributed by atoms with van der Waals surface area (Å²) in [7, 11) is 1.54. The molecular formula is C18H22N6O3S2. The maximum atomic E-state index is 12.7. The number of nitrogens with two attached hydrogens (primary N) is 1. The van der Waals surface area contributed by atoms with Crippen molar-refractivity contribution in [1.82, 2.24) is 19.7 Å². The molecular weight excluding hydrogens is 412 g/mol. The number of hydrogen-bond donors (Lipinski definition) is 2. The van der Waals surface area contributed by atoms with Gasteiger partial charge in [-0.25, -0.2) is 4.79 Å². The Balaban J connectivity index is 2.04. The number of ether oxygens (including phenoxy) is 1. The fourth-order valence-corrected chi connectivity index (χ4v) is 4.18. The number of anilines is 2. The molecule has 3 N–H and O–H groups in total. The first-order valence-corrected chi connectivity index (χ1v) is 10.8. The summed E-state index contributed by atoms with van der Waals surface area (Å²) < 4.78 is 7.20. The Morgan fingerprint density at radius 1 is 1.24 bits per heavy atom. The van der Waals surface area contributed by atoms with E-state index in [0.29, 0.717) is 19.7 Å². The predicted molar refractivity (Wildman–Crippen MR) is 116 cm³/mol. The molecule has 0 saturated carbocycles. The van der Waals surface area contributed by atoms with Crippen molar-refractivity contribution < 1.29 is 4.74 Å². The van der Waals surface area contributed by atoms with Gasteiger partial charge in [-0.05, 0) is 11.8 Å². The van der Waals surface area contributed by atoms with Gasteiger partial charge in [0.15, 0.2) is 4.34 Å². The molecule has 0 aliphatic heterocycles. The lowest BCUT2D eigenvalue weighted by molar-refractivity contribution is 0.186. The van der Waals surface area contributed by atoms with E-state index >= 15 is 0 Å². The number of rotatable bonds is 9. The molecule has 11 heteroatoms. The summed E-state index contributed by atoms with van der Waals surface area (Å²) in [5.41, 5.74) is 6.40. The Labute approximate surface area is 175 Å².